The molecule has 1 fully saturated rings. The zero-order valence-electron chi connectivity index (χ0n) is 13.2. The molecule has 0 bridgehead atoms. The van der Waals surface area contributed by atoms with E-state index in [0.717, 1.165) is 29.8 Å². The smallest absolute Gasteiger partial charge is 0.255 e. The quantitative estimate of drug-likeness (QED) is 0.923. The summed E-state index contributed by atoms with van der Waals surface area (Å²) in [4.78, 5) is 12.5. The molecule has 116 valence electrons. The fraction of sp³-hybridized carbons (Fsp3) is 0.412. The number of rotatable bonds is 5. The molecule has 3 rings (SSSR count). The monoisotopic (exact) mass is 299 g/mol. The van der Waals surface area contributed by atoms with Gasteiger partial charge >= 0.3 is 0 Å². The van der Waals surface area contributed by atoms with E-state index in [1.54, 1.807) is 18.0 Å². The molecule has 5 nitrogen and oxygen atoms in total. The molecule has 1 saturated carbocycles. The van der Waals surface area contributed by atoms with E-state index in [4.69, 9.17) is 4.74 Å². The second-order valence-electron chi connectivity index (χ2n) is 5.83. The van der Waals surface area contributed by atoms with E-state index in [9.17, 15) is 4.79 Å². The summed E-state index contributed by atoms with van der Waals surface area (Å²) in [6.45, 7) is 1.90. The number of amides is 1. The van der Waals surface area contributed by atoms with Gasteiger partial charge in [0.2, 0.25) is 0 Å². The third-order valence-corrected chi connectivity index (χ3v) is 4.33. The first kappa shape index (κ1) is 14.6. The van der Waals surface area contributed by atoms with E-state index < -0.39 is 0 Å². The lowest BCUT2D eigenvalue weighted by Gasteiger charge is -2.19. The lowest BCUT2D eigenvalue weighted by Crippen LogP contribution is -2.30. The van der Waals surface area contributed by atoms with E-state index in [2.05, 4.69) is 10.4 Å². The third kappa shape index (κ3) is 2.84. The molecule has 0 unspecified atom stereocenters. The molecule has 1 aromatic carbocycles. The lowest BCUT2D eigenvalue weighted by atomic mass is 10.0. The van der Waals surface area contributed by atoms with Crippen LogP contribution in [0.3, 0.4) is 0 Å². The van der Waals surface area contributed by atoms with Gasteiger partial charge in [-0.3, -0.25) is 9.48 Å². The summed E-state index contributed by atoms with van der Waals surface area (Å²) in [6, 6.07) is 7.98. The minimum atomic E-state index is -0.0571. The van der Waals surface area contributed by atoms with Gasteiger partial charge in [0.25, 0.3) is 5.91 Å². The van der Waals surface area contributed by atoms with Gasteiger partial charge in [-0.25, -0.2) is 0 Å². The van der Waals surface area contributed by atoms with Crippen molar-refractivity contribution in [1.82, 2.24) is 15.1 Å². The average Bonchev–Trinajstić information content (AvgIpc) is 3.32. The van der Waals surface area contributed by atoms with Gasteiger partial charge in [-0.15, -0.1) is 0 Å². The van der Waals surface area contributed by atoms with Crippen LogP contribution in [-0.2, 0) is 7.05 Å². The van der Waals surface area contributed by atoms with Gasteiger partial charge in [-0.2, -0.15) is 5.10 Å². The fourth-order valence-corrected chi connectivity index (χ4v) is 2.65. The average molecular weight is 299 g/mol. The largest absolute Gasteiger partial charge is 0.497 e. The molecule has 2 aromatic rings. The number of carbonyl (C=O) groups is 1. The zero-order valence-corrected chi connectivity index (χ0v) is 13.2. The van der Waals surface area contributed by atoms with Crippen LogP contribution in [0.15, 0.2) is 30.5 Å². The van der Waals surface area contributed by atoms with Crippen LogP contribution in [0.1, 0.15) is 40.5 Å². The van der Waals surface area contributed by atoms with Crippen LogP contribution in [-0.4, -0.2) is 22.8 Å². The van der Waals surface area contributed by atoms with Crippen molar-refractivity contribution in [3.05, 3.63) is 47.3 Å². The third-order valence-electron chi connectivity index (χ3n) is 4.33. The molecule has 1 aliphatic rings. The molecule has 0 saturated heterocycles. The highest BCUT2D eigenvalue weighted by molar-refractivity contribution is 5.95. The van der Waals surface area contributed by atoms with E-state index in [0.29, 0.717) is 11.5 Å². The SMILES string of the molecule is COc1ccc([C@@H](NC(=O)c2cnn(C)c2C)C2CC2)cc1. The normalized spacial score (nSPS) is 15.4. The predicted molar refractivity (Wildman–Crippen MR) is 83.9 cm³/mol. The first-order valence-corrected chi connectivity index (χ1v) is 7.53. The fourth-order valence-electron chi connectivity index (χ4n) is 2.65. The molecule has 1 heterocycles. The highest BCUT2D eigenvalue weighted by Crippen LogP contribution is 2.41. The van der Waals surface area contributed by atoms with Gasteiger partial charge in [0.1, 0.15) is 5.75 Å². The zero-order chi connectivity index (χ0) is 15.7. The maximum Gasteiger partial charge on any atom is 0.255 e. The summed E-state index contributed by atoms with van der Waals surface area (Å²) < 4.78 is 6.91. The number of nitrogens with one attached hydrogen (secondary N) is 1. The van der Waals surface area contributed by atoms with Crippen LogP contribution in [0, 0.1) is 12.8 Å². The summed E-state index contributed by atoms with van der Waals surface area (Å²) in [5, 5.41) is 7.31. The molecule has 1 aromatic heterocycles. The Morgan fingerprint density at radius 1 is 1.36 bits per heavy atom. The van der Waals surface area contributed by atoms with E-state index in [1.807, 2.05) is 38.2 Å². The molecule has 1 atom stereocenters. The van der Waals surface area contributed by atoms with E-state index >= 15 is 0 Å². The minimum Gasteiger partial charge on any atom is -0.497 e. The molecule has 0 radical (unpaired) electrons. The second kappa shape index (κ2) is 5.83. The molecule has 0 aliphatic heterocycles. The summed E-state index contributed by atoms with van der Waals surface area (Å²) in [7, 11) is 3.49. The number of ether oxygens (including phenoxy) is 1. The van der Waals surface area contributed by atoms with Crippen molar-refractivity contribution in [3.63, 3.8) is 0 Å². The van der Waals surface area contributed by atoms with Crippen molar-refractivity contribution in [3.8, 4) is 5.75 Å². The van der Waals surface area contributed by atoms with Crippen LogP contribution in [0.4, 0.5) is 0 Å². The first-order valence-electron chi connectivity index (χ1n) is 7.53. The van der Waals surface area contributed by atoms with Gasteiger partial charge in [-0.1, -0.05) is 12.1 Å². The summed E-state index contributed by atoms with van der Waals surface area (Å²) in [6.07, 6.45) is 3.94. The van der Waals surface area contributed by atoms with Crippen LogP contribution in [0.5, 0.6) is 5.75 Å². The topological polar surface area (TPSA) is 56.1 Å². The molecule has 1 amide bonds. The number of carbonyl (C=O) groups excluding carboxylic acids is 1. The molecule has 5 heteroatoms. The molecule has 1 aliphatic carbocycles. The van der Waals surface area contributed by atoms with Crippen molar-refractivity contribution in [2.24, 2.45) is 13.0 Å². The molecule has 22 heavy (non-hydrogen) atoms. The van der Waals surface area contributed by atoms with Gasteiger partial charge in [0, 0.05) is 12.7 Å². The lowest BCUT2D eigenvalue weighted by molar-refractivity contribution is 0.0931. The van der Waals surface area contributed by atoms with Gasteiger partial charge < -0.3 is 10.1 Å². The number of methoxy groups -OCH3 is 1. The van der Waals surface area contributed by atoms with Crippen molar-refractivity contribution >= 4 is 5.91 Å². The number of benzene rings is 1. The number of nitrogens with zero attached hydrogens (tertiary/aromatic N) is 2. The summed E-state index contributed by atoms with van der Waals surface area (Å²) >= 11 is 0. The number of aromatic nitrogens is 2. The predicted octanol–water partition coefficient (Wildman–Crippen LogP) is 2.62. The van der Waals surface area contributed by atoms with Crippen LogP contribution >= 0.6 is 0 Å². The maximum atomic E-state index is 12.5. The van der Waals surface area contributed by atoms with Crippen molar-refractivity contribution in [2.45, 2.75) is 25.8 Å². The maximum absolute atomic E-state index is 12.5. The van der Waals surface area contributed by atoms with E-state index in [-0.39, 0.29) is 11.9 Å². The number of hydrogen-bond donors (Lipinski definition) is 1. The van der Waals surface area contributed by atoms with E-state index in [1.165, 1.54) is 0 Å². The van der Waals surface area contributed by atoms with Crippen LogP contribution < -0.4 is 10.1 Å². The summed E-state index contributed by atoms with van der Waals surface area (Å²) in [5.74, 6) is 1.29. The Hall–Kier alpha value is -2.30. The minimum absolute atomic E-state index is 0.0537. The molecule has 0 spiro atoms. The summed E-state index contributed by atoms with van der Waals surface area (Å²) in [5.41, 5.74) is 2.64. The number of hydrogen-bond acceptors (Lipinski definition) is 3. The highest BCUT2D eigenvalue weighted by Gasteiger charge is 2.34. The molecule has 1 N–H and O–H groups in total. The Kier molecular flexibility index (Phi) is 3.88. The Balaban J connectivity index is 1.79. The highest BCUT2D eigenvalue weighted by atomic mass is 16.5. The Bertz CT molecular complexity index is 672. The first-order chi connectivity index (χ1) is 10.6. The number of aryl methyl sites for hydroxylation is 1. The van der Waals surface area contributed by atoms with Crippen molar-refractivity contribution < 1.29 is 9.53 Å². The van der Waals surface area contributed by atoms with Crippen LogP contribution in [0.2, 0.25) is 0 Å². The van der Waals surface area contributed by atoms with Gasteiger partial charge in [0.05, 0.1) is 24.9 Å². The van der Waals surface area contributed by atoms with Gasteiger partial charge in [0.15, 0.2) is 0 Å². The second-order valence-corrected chi connectivity index (χ2v) is 5.83. The van der Waals surface area contributed by atoms with Crippen molar-refractivity contribution in [1.29, 1.82) is 0 Å². The van der Waals surface area contributed by atoms with Gasteiger partial charge in [-0.05, 0) is 43.4 Å². The Morgan fingerprint density at radius 2 is 2.05 bits per heavy atom. The standard InChI is InChI=1S/C17H21N3O2/c1-11-15(10-18-20(11)2)17(21)19-16(12-4-5-12)13-6-8-14(22-3)9-7-13/h6-10,12,16H,4-5H2,1-3H3,(H,19,21)/t16-/m0/s1. The Labute approximate surface area is 130 Å². The molecular weight excluding hydrogens is 278 g/mol. The Morgan fingerprint density at radius 3 is 2.55 bits per heavy atom. The molecular formula is C17H21N3O2. The van der Waals surface area contributed by atoms with Crippen molar-refractivity contribution in [2.75, 3.05) is 7.11 Å². The van der Waals surface area contributed by atoms with Crippen LogP contribution in [0.25, 0.3) is 0 Å².